The number of carbonyl (C=O) groups is 2. The van der Waals surface area contributed by atoms with E-state index >= 15 is 0 Å². The van der Waals surface area contributed by atoms with Crippen molar-refractivity contribution in [3.05, 3.63) is 54.4 Å². The molecule has 2 heterocycles. The highest BCUT2D eigenvalue weighted by Crippen LogP contribution is 2.33. The van der Waals surface area contributed by atoms with Crippen LogP contribution in [0.3, 0.4) is 0 Å². The zero-order chi connectivity index (χ0) is 20.2. The van der Waals surface area contributed by atoms with Crippen LogP contribution in [0.15, 0.2) is 48.5 Å². The van der Waals surface area contributed by atoms with Gasteiger partial charge in [-0.05, 0) is 31.2 Å². The second-order valence-corrected chi connectivity index (χ2v) is 7.05. The monoisotopic (exact) mass is 392 g/mol. The number of nitrogens with one attached hydrogen (secondary N) is 2. The van der Waals surface area contributed by atoms with Crippen LogP contribution in [0, 0.1) is 5.92 Å². The van der Waals surface area contributed by atoms with Gasteiger partial charge in [0.2, 0.25) is 11.8 Å². The van der Waals surface area contributed by atoms with Crippen molar-refractivity contribution in [2.75, 3.05) is 24.6 Å². The van der Waals surface area contributed by atoms with Crippen molar-refractivity contribution in [2.45, 2.75) is 19.8 Å². The first-order valence-electron chi connectivity index (χ1n) is 9.89. The summed E-state index contributed by atoms with van der Waals surface area (Å²) in [6.07, 6.45) is 0.814. The zero-order valence-electron chi connectivity index (χ0n) is 16.4. The number of H-pyrrole nitrogens is 1. The Bertz CT molecular complexity index is 997. The van der Waals surface area contributed by atoms with E-state index in [0.717, 1.165) is 22.5 Å². The number of aromatic nitrogens is 2. The minimum absolute atomic E-state index is 0.0606. The largest absolute Gasteiger partial charge is 0.492 e. The van der Waals surface area contributed by atoms with Gasteiger partial charge in [-0.1, -0.05) is 24.3 Å². The predicted molar refractivity (Wildman–Crippen MR) is 111 cm³/mol. The SMILES string of the molecule is CCOc1ccccc1N1CC(C(=O)NCCc2nc3ccccc3[nH]2)CC1=O. The Hall–Kier alpha value is -3.35. The molecule has 1 atom stereocenters. The van der Waals surface area contributed by atoms with Crippen molar-refractivity contribution < 1.29 is 14.3 Å². The molecule has 2 N–H and O–H groups in total. The van der Waals surface area contributed by atoms with Crippen LogP contribution in [0.4, 0.5) is 5.69 Å². The number of benzene rings is 2. The Morgan fingerprint density at radius 2 is 2.03 bits per heavy atom. The second kappa shape index (κ2) is 8.34. The van der Waals surface area contributed by atoms with Crippen molar-refractivity contribution in [3.8, 4) is 5.75 Å². The molecule has 1 aromatic heterocycles. The summed E-state index contributed by atoms with van der Waals surface area (Å²) in [5.41, 5.74) is 2.62. The highest BCUT2D eigenvalue weighted by atomic mass is 16.5. The molecule has 0 aliphatic carbocycles. The molecule has 0 saturated carbocycles. The molecular formula is C22H24N4O3. The van der Waals surface area contributed by atoms with Crippen LogP contribution in [0.2, 0.25) is 0 Å². The lowest BCUT2D eigenvalue weighted by Crippen LogP contribution is -2.34. The van der Waals surface area contributed by atoms with Gasteiger partial charge in [-0.2, -0.15) is 0 Å². The average molecular weight is 392 g/mol. The third kappa shape index (κ3) is 4.08. The molecule has 0 spiro atoms. The molecule has 7 nitrogen and oxygen atoms in total. The molecule has 0 radical (unpaired) electrons. The van der Waals surface area contributed by atoms with E-state index in [1.165, 1.54) is 0 Å². The standard InChI is InChI=1S/C22H24N4O3/c1-2-29-19-10-6-5-9-18(19)26-14-15(13-21(26)27)22(28)23-12-11-20-24-16-7-3-4-8-17(16)25-20/h3-10,15H,2,11-14H2,1H3,(H,23,28)(H,24,25). The highest BCUT2D eigenvalue weighted by Gasteiger charge is 2.36. The van der Waals surface area contributed by atoms with Crippen LogP contribution in [-0.4, -0.2) is 41.5 Å². The van der Waals surface area contributed by atoms with E-state index in [2.05, 4.69) is 15.3 Å². The summed E-state index contributed by atoms with van der Waals surface area (Å²) in [6.45, 7) is 3.25. The number of para-hydroxylation sites is 4. The second-order valence-electron chi connectivity index (χ2n) is 7.05. The van der Waals surface area contributed by atoms with E-state index in [-0.39, 0.29) is 24.2 Å². The van der Waals surface area contributed by atoms with Gasteiger partial charge in [-0.15, -0.1) is 0 Å². The first kappa shape index (κ1) is 19.0. The fourth-order valence-corrected chi connectivity index (χ4v) is 3.65. The lowest BCUT2D eigenvalue weighted by molar-refractivity contribution is -0.126. The molecule has 29 heavy (non-hydrogen) atoms. The molecule has 3 aromatic rings. The lowest BCUT2D eigenvalue weighted by atomic mass is 10.1. The maximum Gasteiger partial charge on any atom is 0.227 e. The van der Waals surface area contributed by atoms with Crippen LogP contribution in [-0.2, 0) is 16.0 Å². The summed E-state index contributed by atoms with van der Waals surface area (Å²) >= 11 is 0. The fraction of sp³-hybridized carbons (Fsp3) is 0.318. The predicted octanol–water partition coefficient (Wildman–Crippen LogP) is 2.67. The van der Waals surface area contributed by atoms with Crippen molar-refractivity contribution in [1.82, 2.24) is 15.3 Å². The smallest absolute Gasteiger partial charge is 0.227 e. The molecule has 4 rings (SSSR count). The molecule has 1 saturated heterocycles. The van der Waals surface area contributed by atoms with E-state index in [1.54, 1.807) is 4.90 Å². The highest BCUT2D eigenvalue weighted by molar-refractivity contribution is 6.01. The first-order chi connectivity index (χ1) is 14.2. The van der Waals surface area contributed by atoms with E-state index in [4.69, 9.17) is 4.74 Å². The number of amides is 2. The third-order valence-electron chi connectivity index (χ3n) is 5.05. The number of carbonyl (C=O) groups excluding carboxylic acids is 2. The van der Waals surface area contributed by atoms with Crippen LogP contribution < -0.4 is 15.0 Å². The molecule has 2 aromatic carbocycles. The summed E-state index contributed by atoms with van der Waals surface area (Å²) in [7, 11) is 0. The van der Waals surface area contributed by atoms with Gasteiger partial charge < -0.3 is 19.9 Å². The van der Waals surface area contributed by atoms with Gasteiger partial charge in [0.15, 0.2) is 0 Å². The summed E-state index contributed by atoms with van der Waals surface area (Å²) in [5, 5.41) is 2.94. The number of hydrogen-bond acceptors (Lipinski definition) is 4. The Morgan fingerprint density at radius 3 is 2.86 bits per heavy atom. The molecular weight excluding hydrogens is 368 g/mol. The van der Waals surface area contributed by atoms with Gasteiger partial charge in [0.05, 0.1) is 29.2 Å². The van der Waals surface area contributed by atoms with Crippen molar-refractivity contribution in [2.24, 2.45) is 5.92 Å². The van der Waals surface area contributed by atoms with E-state index in [1.807, 2.05) is 55.5 Å². The summed E-state index contributed by atoms with van der Waals surface area (Å²) < 4.78 is 5.63. The molecule has 1 fully saturated rings. The van der Waals surface area contributed by atoms with Gasteiger partial charge in [0, 0.05) is 25.9 Å². The molecule has 0 bridgehead atoms. The van der Waals surface area contributed by atoms with Crippen molar-refractivity contribution >= 4 is 28.5 Å². The van der Waals surface area contributed by atoms with E-state index in [9.17, 15) is 9.59 Å². The summed E-state index contributed by atoms with van der Waals surface area (Å²) in [4.78, 5) is 34.5. The minimum atomic E-state index is -0.368. The summed E-state index contributed by atoms with van der Waals surface area (Å²) in [6, 6.07) is 15.3. The van der Waals surface area contributed by atoms with Crippen molar-refractivity contribution in [3.63, 3.8) is 0 Å². The van der Waals surface area contributed by atoms with Crippen LogP contribution in [0.5, 0.6) is 5.75 Å². The molecule has 1 unspecified atom stereocenters. The Morgan fingerprint density at radius 1 is 1.24 bits per heavy atom. The Labute approximate surface area is 169 Å². The van der Waals surface area contributed by atoms with Gasteiger partial charge in [0.25, 0.3) is 0 Å². The summed E-state index contributed by atoms with van der Waals surface area (Å²) in [5.74, 6) is 0.962. The van der Waals surface area contributed by atoms with Crippen LogP contribution >= 0.6 is 0 Å². The molecule has 1 aliphatic heterocycles. The molecule has 7 heteroatoms. The van der Waals surface area contributed by atoms with Crippen LogP contribution in [0.25, 0.3) is 11.0 Å². The number of hydrogen-bond donors (Lipinski definition) is 2. The van der Waals surface area contributed by atoms with E-state index < -0.39 is 0 Å². The Kier molecular flexibility index (Phi) is 5.46. The normalized spacial score (nSPS) is 16.4. The fourth-order valence-electron chi connectivity index (χ4n) is 3.65. The quantitative estimate of drug-likeness (QED) is 0.647. The zero-order valence-corrected chi connectivity index (χ0v) is 16.4. The number of nitrogens with zero attached hydrogens (tertiary/aromatic N) is 2. The number of anilines is 1. The van der Waals surface area contributed by atoms with Crippen LogP contribution in [0.1, 0.15) is 19.2 Å². The average Bonchev–Trinajstić information content (AvgIpc) is 3.31. The first-order valence-corrected chi connectivity index (χ1v) is 9.89. The van der Waals surface area contributed by atoms with Gasteiger partial charge in [-0.25, -0.2) is 4.98 Å². The van der Waals surface area contributed by atoms with E-state index in [0.29, 0.717) is 31.9 Å². The van der Waals surface area contributed by atoms with Crippen molar-refractivity contribution in [1.29, 1.82) is 0 Å². The maximum absolute atomic E-state index is 12.6. The number of fused-ring (bicyclic) bond motifs is 1. The number of imidazole rings is 1. The number of rotatable bonds is 7. The lowest BCUT2D eigenvalue weighted by Gasteiger charge is -2.20. The third-order valence-corrected chi connectivity index (χ3v) is 5.05. The Balaban J connectivity index is 1.34. The number of ether oxygens (including phenoxy) is 1. The number of aromatic amines is 1. The van der Waals surface area contributed by atoms with Gasteiger partial charge in [-0.3, -0.25) is 9.59 Å². The maximum atomic E-state index is 12.6. The molecule has 1 aliphatic rings. The van der Waals surface area contributed by atoms with Gasteiger partial charge >= 0.3 is 0 Å². The van der Waals surface area contributed by atoms with Gasteiger partial charge in [0.1, 0.15) is 11.6 Å². The molecule has 150 valence electrons. The topological polar surface area (TPSA) is 87.3 Å². The minimum Gasteiger partial charge on any atom is -0.492 e. The molecule has 2 amide bonds.